The van der Waals surface area contributed by atoms with Gasteiger partial charge in [0, 0.05) is 11.8 Å². The predicted octanol–water partition coefficient (Wildman–Crippen LogP) is 4.50. The number of rotatable bonds is 7. The third-order valence-electron chi connectivity index (χ3n) is 2.72. The van der Waals surface area contributed by atoms with E-state index in [1.54, 1.807) is 12.1 Å². The molecule has 0 saturated carbocycles. The van der Waals surface area contributed by atoms with Gasteiger partial charge in [0.2, 0.25) is 0 Å². The number of halogens is 3. The Morgan fingerprint density at radius 2 is 1.79 bits per heavy atom. The second kappa shape index (κ2) is 7.80. The summed E-state index contributed by atoms with van der Waals surface area (Å²) in [4.78, 5) is 0. The SMILES string of the molecule is CCCSCC(NCC)c1ccc(C(F)(F)F)cc1. The molecule has 0 radical (unpaired) electrons. The molecule has 0 saturated heterocycles. The lowest BCUT2D eigenvalue weighted by molar-refractivity contribution is -0.137. The second-order valence-electron chi connectivity index (χ2n) is 4.30. The summed E-state index contributed by atoms with van der Waals surface area (Å²) in [7, 11) is 0. The molecule has 5 heteroatoms. The highest BCUT2D eigenvalue weighted by Crippen LogP contribution is 2.30. The van der Waals surface area contributed by atoms with Gasteiger partial charge in [0.05, 0.1) is 5.56 Å². The Balaban J connectivity index is 2.73. The molecular weight excluding hydrogens is 271 g/mol. The topological polar surface area (TPSA) is 12.0 Å². The maximum Gasteiger partial charge on any atom is 0.416 e. The molecule has 19 heavy (non-hydrogen) atoms. The van der Waals surface area contributed by atoms with E-state index in [1.807, 2.05) is 18.7 Å². The minimum absolute atomic E-state index is 0.115. The molecule has 1 rings (SSSR count). The van der Waals surface area contributed by atoms with Crippen molar-refractivity contribution < 1.29 is 13.2 Å². The first-order valence-corrected chi connectivity index (χ1v) is 7.62. The summed E-state index contributed by atoms with van der Waals surface area (Å²) >= 11 is 1.82. The third-order valence-corrected chi connectivity index (χ3v) is 3.99. The van der Waals surface area contributed by atoms with Crippen LogP contribution in [0.4, 0.5) is 13.2 Å². The van der Waals surface area contributed by atoms with Gasteiger partial charge in [0.25, 0.3) is 0 Å². The number of benzene rings is 1. The quantitative estimate of drug-likeness (QED) is 0.742. The van der Waals surface area contributed by atoms with Crippen LogP contribution in [0.5, 0.6) is 0 Å². The minimum atomic E-state index is -4.26. The fourth-order valence-electron chi connectivity index (χ4n) is 1.77. The highest BCUT2D eigenvalue weighted by molar-refractivity contribution is 7.99. The zero-order chi connectivity index (χ0) is 14.3. The number of nitrogens with one attached hydrogen (secondary N) is 1. The third kappa shape index (κ3) is 5.45. The van der Waals surface area contributed by atoms with Gasteiger partial charge in [-0.1, -0.05) is 26.0 Å². The molecule has 1 aromatic carbocycles. The fraction of sp³-hybridized carbons (Fsp3) is 0.571. The van der Waals surface area contributed by atoms with Crippen molar-refractivity contribution in [3.8, 4) is 0 Å². The average molecular weight is 291 g/mol. The van der Waals surface area contributed by atoms with Crippen LogP contribution in [-0.2, 0) is 6.18 Å². The van der Waals surface area contributed by atoms with Crippen LogP contribution in [0, 0.1) is 0 Å². The first-order chi connectivity index (χ1) is 8.99. The zero-order valence-electron chi connectivity index (χ0n) is 11.3. The maximum atomic E-state index is 12.5. The molecular formula is C14H20F3NS. The average Bonchev–Trinajstić information content (AvgIpc) is 2.37. The number of hydrogen-bond acceptors (Lipinski definition) is 2. The lowest BCUT2D eigenvalue weighted by Crippen LogP contribution is -2.23. The molecule has 0 aliphatic rings. The Kier molecular flexibility index (Phi) is 6.72. The van der Waals surface area contributed by atoms with Crippen molar-refractivity contribution in [2.75, 3.05) is 18.1 Å². The van der Waals surface area contributed by atoms with Gasteiger partial charge in [-0.25, -0.2) is 0 Å². The summed E-state index contributed by atoms with van der Waals surface area (Å²) in [6, 6.07) is 5.57. The van der Waals surface area contributed by atoms with Crippen LogP contribution in [0.2, 0.25) is 0 Å². The molecule has 1 N–H and O–H groups in total. The summed E-state index contributed by atoms with van der Waals surface area (Å²) < 4.78 is 37.5. The highest BCUT2D eigenvalue weighted by Gasteiger charge is 2.30. The minimum Gasteiger partial charge on any atom is -0.310 e. The van der Waals surface area contributed by atoms with Gasteiger partial charge in [0.15, 0.2) is 0 Å². The van der Waals surface area contributed by atoms with Crippen LogP contribution in [0.1, 0.15) is 37.4 Å². The smallest absolute Gasteiger partial charge is 0.310 e. The summed E-state index contributed by atoms with van der Waals surface area (Å²) in [5.74, 6) is 1.95. The molecule has 1 atom stereocenters. The molecule has 1 nitrogen and oxygen atoms in total. The molecule has 1 unspecified atom stereocenters. The molecule has 108 valence electrons. The van der Waals surface area contributed by atoms with Crippen LogP contribution in [0.3, 0.4) is 0 Å². The Labute approximate surface area is 117 Å². The zero-order valence-corrected chi connectivity index (χ0v) is 12.1. The Morgan fingerprint density at radius 3 is 2.26 bits per heavy atom. The van der Waals surface area contributed by atoms with Crippen molar-refractivity contribution in [2.45, 2.75) is 32.5 Å². The summed E-state index contributed by atoms with van der Waals surface area (Å²) in [5, 5.41) is 3.31. The standard InChI is InChI=1S/C14H20F3NS/c1-3-9-19-10-13(18-4-2)11-5-7-12(8-6-11)14(15,16)17/h5-8,13,18H,3-4,9-10H2,1-2H3. The fourth-order valence-corrected chi connectivity index (χ4v) is 2.77. The molecule has 0 aliphatic heterocycles. The first kappa shape index (κ1) is 16.4. The van der Waals surface area contributed by atoms with E-state index in [1.165, 1.54) is 0 Å². The van der Waals surface area contributed by atoms with E-state index in [0.29, 0.717) is 0 Å². The number of thioether (sulfide) groups is 1. The van der Waals surface area contributed by atoms with Crippen LogP contribution in [0.15, 0.2) is 24.3 Å². The van der Waals surface area contributed by atoms with E-state index in [4.69, 9.17) is 0 Å². The van der Waals surface area contributed by atoms with E-state index < -0.39 is 11.7 Å². The largest absolute Gasteiger partial charge is 0.416 e. The van der Waals surface area contributed by atoms with Crippen LogP contribution < -0.4 is 5.32 Å². The van der Waals surface area contributed by atoms with Gasteiger partial charge in [-0.05, 0) is 36.4 Å². The second-order valence-corrected chi connectivity index (χ2v) is 5.45. The molecule has 0 bridgehead atoms. The monoisotopic (exact) mass is 291 g/mol. The molecule has 1 aromatic rings. The van der Waals surface area contributed by atoms with E-state index in [2.05, 4.69) is 12.2 Å². The van der Waals surface area contributed by atoms with Gasteiger partial charge in [-0.3, -0.25) is 0 Å². The molecule has 0 amide bonds. The van der Waals surface area contributed by atoms with Crippen LogP contribution >= 0.6 is 11.8 Å². The lowest BCUT2D eigenvalue weighted by Gasteiger charge is -2.18. The Hall–Kier alpha value is -0.680. The van der Waals surface area contributed by atoms with E-state index in [0.717, 1.165) is 42.2 Å². The molecule has 0 spiro atoms. The number of hydrogen-bond donors (Lipinski definition) is 1. The molecule has 0 aromatic heterocycles. The van der Waals surface area contributed by atoms with Gasteiger partial charge >= 0.3 is 6.18 Å². The van der Waals surface area contributed by atoms with Crippen molar-refractivity contribution in [1.82, 2.24) is 5.32 Å². The van der Waals surface area contributed by atoms with E-state index in [-0.39, 0.29) is 6.04 Å². The van der Waals surface area contributed by atoms with Crippen LogP contribution in [-0.4, -0.2) is 18.1 Å². The molecule has 0 heterocycles. The predicted molar refractivity (Wildman–Crippen MR) is 75.5 cm³/mol. The Bertz CT molecular complexity index is 362. The summed E-state index contributed by atoms with van der Waals surface area (Å²) in [6.07, 6.45) is -3.15. The van der Waals surface area contributed by atoms with Crippen LogP contribution in [0.25, 0.3) is 0 Å². The summed E-state index contributed by atoms with van der Waals surface area (Å²) in [6.45, 7) is 4.92. The lowest BCUT2D eigenvalue weighted by atomic mass is 10.1. The molecule has 0 aliphatic carbocycles. The van der Waals surface area contributed by atoms with E-state index in [9.17, 15) is 13.2 Å². The first-order valence-electron chi connectivity index (χ1n) is 6.47. The van der Waals surface area contributed by atoms with Crippen molar-refractivity contribution in [3.63, 3.8) is 0 Å². The maximum absolute atomic E-state index is 12.5. The van der Waals surface area contributed by atoms with Crippen molar-refractivity contribution >= 4 is 11.8 Å². The van der Waals surface area contributed by atoms with Gasteiger partial charge in [0.1, 0.15) is 0 Å². The van der Waals surface area contributed by atoms with Crippen molar-refractivity contribution in [2.24, 2.45) is 0 Å². The summed E-state index contributed by atoms with van der Waals surface area (Å²) in [5.41, 5.74) is 0.325. The van der Waals surface area contributed by atoms with Crippen molar-refractivity contribution in [3.05, 3.63) is 35.4 Å². The van der Waals surface area contributed by atoms with Gasteiger partial charge in [-0.15, -0.1) is 0 Å². The van der Waals surface area contributed by atoms with Crippen molar-refractivity contribution in [1.29, 1.82) is 0 Å². The van der Waals surface area contributed by atoms with Gasteiger partial charge in [-0.2, -0.15) is 24.9 Å². The van der Waals surface area contributed by atoms with E-state index >= 15 is 0 Å². The normalized spacial score (nSPS) is 13.5. The molecule has 0 fully saturated rings. The highest BCUT2D eigenvalue weighted by atomic mass is 32.2. The number of alkyl halides is 3. The Morgan fingerprint density at radius 1 is 1.16 bits per heavy atom. The van der Waals surface area contributed by atoms with Gasteiger partial charge < -0.3 is 5.32 Å².